The maximum atomic E-state index is 11.5. The summed E-state index contributed by atoms with van der Waals surface area (Å²) in [5.41, 5.74) is 2.37. The SMILES string of the molecule is CC(C)c1ccc(Cn2ccncc2=O)cc1. The molecule has 3 nitrogen and oxygen atoms in total. The van der Waals surface area contributed by atoms with Crippen molar-refractivity contribution >= 4 is 0 Å². The second kappa shape index (κ2) is 4.95. The fourth-order valence-corrected chi connectivity index (χ4v) is 1.71. The minimum atomic E-state index is -0.0690. The van der Waals surface area contributed by atoms with Crippen molar-refractivity contribution in [2.24, 2.45) is 0 Å². The zero-order valence-corrected chi connectivity index (χ0v) is 10.1. The van der Waals surface area contributed by atoms with Crippen molar-refractivity contribution in [3.8, 4) is 0 Å². The zero-order valence-electron chi connectivity index (χ0n) is 10.1. The van der Waals surface area contributed by atoms with Crippen LogP contribution >= 0.6 is 0 Å². The van der Waals surface area contributed by atoms with Gasteiger partial charge in [-0.2, -0.15) is 0 Å². The average molecular weight is 228 g/mol. The van der Waals surface area contributed by atoms with Gasteiger partial charge in [-0.15, -0.1) is 0 Å². The molecule has 0 saturated carbocycles. The molecule has 1 heterocycles. The topological polar surface area (TPSA) is 34.9 Å². The van der Waals surface area contributed by atoms with Crippen LogP contribution in [-0.4, -0.2) is 9.55 Å². The van der Waals surface area contributed by atoms with Gasteiger partial charge in [-0.3, -0.25) is 9.78 Å². The van der Waals surface area contributed by atoms with Gasteiger partial charge in [0, 0.05) is 12.4 Å². The van der Waals surface area contributed by atoms with E-state index in [1.165, 1.54) is 11.8 Å². The third-order valence-corrected chi connectivity index (χ3v) is 2.80. The van der Waals surface area contributed by atoms with Crippen LogP contribution in [-0.2, 0) is 6.54 Å². The van der Waals surface area contributed by atoms with Crippen LogP contribution < -0.4 is 5.56 Å². The number of hydrogen-bond acceptors (Lipinski definition) is 2. The number of rotatable bonds is 3. The van der Waals surface area contributed by atoms with Crippen LogP contribution in [0.2, 0.25) is 0 Å². The fraction of sp³-hybridized carbons (Fsp3) is 0.286. The van der Waals surface area contributed by atoms with Gasteiger partial charge in [0.25, 0.3) is 5.56 Å². The van der Waals surface area contributed by atoms with Gasteiger partial charge in [0.2, 0.25) is 0 Å². The molecule has 0 aliphatic heterocycles. The predicted octanol–water partition coefficient (Wildman–Crippen LogP) is 2.42. The van der Waals surface area contributed by atoms with Gasteiger partial charge in [-0.1, -0.05) is 38.1 Å². The first-order valence-electron chi connectivity index (χ1n) is 5.76. The van der Waals surface area contributed by atoms with E-state index in [4.69, 9.17) is 0 Å². The summed E-state index contributed by atoms with van der Waals surface area (Å²) in [4.78, 5) is 15.3. The van der Waals surface area contributed by atoms with E-state index in [9.17, 15) is 4.79 Å². The number of hydrogen-bond donors (Lipinski definition) is 0. The van der Waals surface area contributed by atoms with E-state index >= 15 is 0 Å². The Morgan fingerprint density at radius 1 is 1.24 bits per heavy atom. The van der Waals surface area contributed by atoms with Crippen molar-refractivity contribution in [3.05, 3.63) is 64.3 Å². The monoisotopic (exact) mass is 228 g/mol. The Morgan fingerprint density at radius 3 is 2.53 bits per heavy atom. The first-order valence-corrected chi connectivity index (χ1v) is 5.76. The lowest BCUT2D eigenvalue weighted by Crippen LogP contribution is -2.19. The van der Waals surface area contributed by atoms with Crippen LogP contribution in [0, 0.1) is 0 Å². The van der Waals surface area contributed by atoms with Crippen molar-refractivity contribution in [2.45, 2.75) is 26.3 Å². The van der Waals surface area contributed by atoms with Crippen LogP contribution in [0.1, 0.15) is 30.9 Å². The summed E-state index contributed by atoms with van der Waals surface area (Å²) in [6, 6.07) is 8.38. The summed E-state index contributed by atoms with van der Waals surface area (Å²) in [6.07, 6.45) is 4.67. The second-order valence-corrected chi connectivity index (χ2v) is 4.44. The lowest BCUT2D eigenvalue weighted by molar-refractivity contribution is 0.746. The Kier molecular flexibility index (Phi) is 3.38. The van der Waals surface area contributed by atoms with E-state index < -0.39 is 0 Å². The molecule has 2 rings (SSSR count). The second-order valence-electron chi connectivity index (χ2n) is 4.44. The molecule has 2 aromatic rings. The molecule has 0 radical (unpaired) electrons. The van der Waals surface area contributed by atoms with E-state index in [2.05, 4.69) is 43.1 Å². The molecule has 0 amide bonds. The largest absolute Gasteiger partial charge is 0.308 e. The predicted molar refractivity (Wildman–Crippen MR) is 68.1 cm³/mol. The molecule has 17 heavy (non-hydrogen) atoms. The molecule has 0 aliphatic carbocycles. The normalized spacial score (nSPS) is 10.8. The average Bonchev–Trinajstić information content (AvgIpc) is 2.33. The van der Waals surface area contributed by atoms with Crippen molar-refractivity contribution in [1.82, 2.24) is 9.55 Å². The minimum absolute atomic E-state index is 0.0690. The first kappa shape index (κ1) is 11.6. The van der Waals surface area contributed by atoms with Crippen molar-refractivity contribution < 1.29 is 0 Å². The lowest BCUT2D eigenvalue weighted by Gasteiger charge is -2.08. The van der Waals surface area contributed by atoms with Crippen molar-refractivity contribution in [1.29, 1.82) is 0 Å². The Bertz CT molecular complexity index is 541. The number of nitrogens with zero attached hydrogens (tertiary/aromatic N) is 2. The smallest absolute Gasteiger partial charge is 0.269 e. The van der Waals surface area contributed by atoms with Gasteiger partial charge < -0.3 is 4.57 Å². The quantitative estimate of drug-likeness (QED) is 0.808. The summed E-state index contributed by atoms with van der Waals surface area (Å²) >= 11 is 0. The van der Waals surface area contributed by atoms with Gasteiger partial charge >= 0.3 is 0 Å². The summed E-state index contributed by atoms with van der Waals surface area (Å²) in [7, 11) is 0. The molecule has 0 spiro atoms. The van der Waals surface area contributed by atoms with Crippen LogP contribution in [0.5, 0.6) is 0 Å². The molecule has 0 fully saturated rings. The molecular formula is C14H16N2O. The van der Waals surface area contributed by atoms with E-state index in [-0.39, 0.29) is 5.56 Å². The maximum absolute atomic E-state index is 11.5. The van der Waals surface area contributed by atoms with Gasteiger partial charge in [-0.05, 0) is 17.0 Å². The minimum Gasteiger partial charge on any atom is -0.308 e. The number of aromatic nitrogens is 2. The Hall–Kier alpha value is -1.90. The van der Waals surface area contributed by atoms with Gasteiger partial charge in [-0.25, -0.2) is 0 Å². The van der Waals surface area contributed by atoms with E-state index in [1.807, 2.05) is 0 Å². The molecule has 1 aromatic carbocycles. The maximum Gasteiger partial charge on any atom is 0.269 e. The Labute approximate surface area is 101 Å². The highest BCUT2D eigenvalue weighted by atomic mass is 16.1. The highest BCUT2D eigenvalue weighted by molar-refractivity contribution is 5.24. The van der Waals surface area contributed by atoms with E-state index in [0.29, 0.717) is 12.5 Å². The third-order valence-electron chi connectivity index (χ3n) is 2.80. The van der Waals surface area contributed by atoms with Crippen LogP contribution in [0.3, 0.4) is 0 Å². The van der Waals surface area contributed by atoms with E-state index in [0.717, 1.165) is 5.56 Å². The van der Waals surface area contributed by atoms with Gasteiger partial charge in [0.15, 0.2) is 0 Å². The van der Waals surface area contributed by atoms with Crippen LogP contribution in [0.4, 0.5) is 0 Å². The van der Waals surface area contributed by atoms with Gasteiger partial charge in [0.1, 0.15) is 0 Å². The molecule has 0 atom stereocenters. The molecule has 3 heteroatoms. The Balaban J connectivity index is 2.20. The van der Waals surface area contributed by atoms with Crippen molar-refractivity contribution in [2.75, 3.05) is 0 Å². The summed E-state index contributed by atoms with van der Waals surface area (Å²) < 4.78 is 1.65. The molecular weight excluding hydrogens is 212 g/mol. The summed E-state index contributed by atoms with van der Waals surface area (Å²) in [5.74, 6) is 0.535. The highest BCUT2D eigenvalue weighted by Crippen LogP contribution is 2.14. The van der Waals surface area contributed by atoms with Crippen molar-refractivity contribution in [3.63, 3.8) is 0 Å². The first-order chi connectivity index (χ1) is 8.16. The zero-order chi connectivity index (χ0) is 12.3. The van der Waals surface area contributed by atoms with Crippen LogP contribution in [0.15, 0.2) is 47.7 Å². The fourth-order valence-electron chi connectivity index (χ4n) is 1.71. The lowest BCUT2D eigenvalue weighted by atomic mass is 10.0. The van der Waals surface area contributed by atoms with Gasteiger partial charge in [0.05, 0.1) is 12.7 Å². The van der Waals surface area contributed by atoms with Crippen LogP contribution in [0.25, 0.3) is 0 Å². The molecule has 88 valence electrons. The summed E-state index contributed by atoms with van der Waals surface area (Å²) in [5, 5.41) is 0. The van der Waals surface area contributed by atoms with E-state index in [1.54, 1.807) is 17.0 Å². The molecule has 0 bridgehead atoms. The standard InChI is InChI=1S/C14H16N2O/c1-11(2)13-5-3-12(4-6-13)10-16-8-7-15-9-14(16)17/h3-9,11H,10H2,1-2H3. The Morgan fingerprint density at radius 2 is 1.94 bits per heavy atom. The number of benzene rings is 1. The highest BCUT2D eigenvalue weighted by Gasteiger charge is 2.00. The summed E-state index contributed by atoms with van der Waals surface area (Å²) in [6.45, 7) is 4.93. The molecule has 1 aromatic heterocycles. The molecule has 0 saturated heterocycles. The molecule has 0 N–H and O–H groups in total. The third kappa shape index (κ3) is 2.81. The molecule has 0 aliphatic rings. The molecule has 0 unspecified atom stereocenters.